The second kappa shape index (κ2) is 11.8. The summed E-state index contributed by atoms with van der Waals surface area (Å²) >= 11 is 6.41. The molecule has 0 saturated carbocycles. The highest BCUT2D eigenvalue weighted by atomic mass is 35.5. The van der Waals surface area contributed by atoms with Crippen LogP contribution in [0.5, 0.6) is 5.75 Å². The molecule has 1 aromatic heterocycles. The Bertz CT molecular complexity index is 1300. The Labute approximate surface area is 234 Å². The molecule has 0 spiro atoms. The van der Waals surface area contributed by atoms with Crippen LogP contribution >= 0.6 is 11.6 Å². The minimum absolute atomic E-state index is 0.133. The normalized spacial score (nSPS) is 17.7. The largest absolute Gasteiger partial charge is 0.493 e. The number of aromatic nitrogens is 1. The van der Waals surface area contributed by atoms with Gasteiger partial charge >= 0.3 is 0 Å². The minimum atomic E-state index is -0.359. The lowest BCUT2D eigenvalue weighted by Gasteiger charge is -2.42. The Morgan fingerprint density at radius 2 is 1.62 bits per heavy atom. The number of ether oxygens (including phenoxy) is 1. The van der Waals surface area contributed by atoms with Gasteiger partial charge in [-0.3, -0.25) is 9.59 Å². The molecule has 39 heavy (non-hydrogen) atoms. The van der Waals surface area contributed by atoms with Gasteiger partial charge in [-0.2, -0.15) is 0 Å². The molecule has 3 aromatic rings. The molecule has 2 aliphatic rings. The van der Waals surface area contributed by atoms with Gasteiger partial charge in [0.2, 0.25) is 5.91 Å². The highest BCUT2D eigenvalue weighted by molar-refractivity contribution is 6.33. The predicted octanol–water partition coefficient (Wildman–Crippen LogP) is 4.77. The molecule has 2 aliphatic heterocycles. The summed E-state index contributed by atoms with van der Waals surface area (Å²) in [6.45, 7) is 6.45. The number of rotatable bonds is 7. The van der Waals surface area contributed by atoms with Crippen molar-refractivity contribution in [1.82, 2.24) is 19.9 Å². The Kier molecular flexibility index (Phi) is 8.23. The fourth-order valence-corrected chi connectivity index (χ4v) is 5.64. The molecular formula is C30H35ClN4O4. The Hall–Kier alpha value is -3.36. The van der Waals surface area contributed by atoms with Gasteiger partial charge in [-0.05, 0) is 45.0 Å². The van der Waals surface area contributed by atoms with Crippen molar-refractivity contribution in [2.24, 2.45) is 5.41 Å². The molecule has 0 bridgehead atoms. The van der Waals surface area contributed by atoms with E-state index < -0.39 is 0 Å². The fourth-order valence-electron chi connectivity index (χ4n) is 5.42. The standard InChI is InChI=1S/C30H35ClN4O4/c1-22-27(28(32-39-22)24-10-6-7-11-25(24)31)29(37)35-14-12-30(13-15-35,21-38-23-8-4-3-5-9-23)20-26(36)34-18-16-33(2)17-19-34/h3-11H,12-21H2,1-2H3. The molecule has 9 heteroatoms. The van der Waals surface area contributed by atoms with Crippen molar-refractivity contribution in [2.75, 3.05) is 52.9 Å². The Balaban J connectivity index is 1.32. The van der Waals surface area contributed by atoms with Crippen molar-refractivity contribution in [2.45, 2.75) is 26.2 Å². The van der Waals surface area contributed by atoms with Crippen LogP contribution in [0, 0.1) is 12.3 Å². The number of halogens is 1. The fraction of sp³-hybridized carbons (Fsp3) is 0.433. The molecule has 0 radical (unpaired) electrons. The van der Waals surface area contributed by atoms with Gasteiger partial charge in [0.15, 0.2) is 0 Å². The Morgan fingerprint density at radius 1 is 0.949 bits per heavy atom. The van der Waals surface area contributed by atoms with Gasteiger partial charge in [0.05, 0.1) is 11.6 Å². The maximum atomic E-state index is 13.7. The number of carbonyl (C=O) groups is 2. The van der Waals surface area contributed by atoms with Crippen LogP contribution in [0.15, 0.2) is 59.1 Å². The number of piperazine rings is 1. The van der Waals surface area contributed by atoms with Crippen LogP contribution in [0.2, 0.25) is 5.02 Å². The summed E-state index contributed by atoms with van der Waals surface area (Å²) in [7, 11) is 2.08. The monoisotopic (exact) mass is 550 g/mol. The van der Waals surface area contributed by atoms with E-state index in [-0.39, 0.29) is 17.2 Å². The SMILES string of the molecule is Cc1onc(-c2ccccc2Cl)c1C(=O)N1CCC(COc2ccccc2)(CC(=O)N2CCN(C)CC2)CC1. The topological polar surface area (TPSA) is 79.1 Å². The maximum Gasteiger partial charge on any atom is 0.259 e. The van der Waals surface area contributed by atoms with E-state index in [1.807, 2.05) is 58.3 Å². The van der Waals surface area contributed by atoms with E-state index in [1.54, 1.807) is 13.0 Å². The number of likely N-dealkylation sites (tertiary alicyclic amines) is 1. The van der Waals surface area contributed by atoms with E-state index >= 15 is 0 Å². The van der Waals surface area contributed by atoms with Gasteiger partial charge in [0.1, 0.15) is 22.8 Å². The van der Waals surface area contributed by atoms with E-state index in [0.717, 1.165) is 31.9 Å². The number of nitrogens with zero attached hydrogens (tertiary/aromatic N) is 4. The van der Waals surface area contributed by atoms with Crippen LogP contribution in [-0.2, 0) is 4.79 Å². The zero-order valence-corrected chi connectivity index (χ0v) is 23.3. The van der Waals surface area contributed by atoms with Gasteiger partial charge in [-0.15, -0.1) is 0 Å². The number of carbonyl (C=O) groups excluding carboxylic acids is 2. The van der Waals surface area contributed by atoms with E-state index in [1.165, 1.54) is 0 Å². The summed E-state index contributed by atoms with van der Waals surface area (Å²) in [5, 5.41) is 4.68. The summed E-state index contributed by atoms with van der Waals surface area (Å²) < 4.78 is 11.7. The average molecular weight is 551 g/mol. The highest BCUT2D eigenvalue weighted by Crippen LogP contribution is 2.38. The summed E-state index contributed by atoms with van der Waals surface area (Å²) in [5.74, 6) is 1.28. The molecule has 8 nitrogen and oxygen atoms in total. The van der Waals surface area contributed by atoms with Crippen LogP contribution in [0.4, 0.5) is 0 Å². The maximum absolute atomic E-state index is 13.7. The highest BCUT2D eigenvalue weighted by Gasteiger charge is 2.41. The number of hydrogen-bond donors (Lipinski definition) is 0. The molecule has 3 heterocycles. The van der Waals surface area contributed by atoms with Crippen molar-refractivity contribution < 1.29 is 18.8 Å². The summed E-state index contributed by atoms with van der Waals surface area (Å²) in [5.41, 5.74) is 1.20. The third-order valence-electron chi connectivity index (χ3n) is 7.99. The number of benzene rings is 2. The number of likely N-dealkylation sites (N-methyl/N-ethyl adjacent to an activating group) is 1. The summed E-state index contributed by atoms with van der Waals surface area (Å²) in [6, 6.07) is 17.0. The first-order chi connectivity index (χ1) is 18.8. The van der Waals surface area contributed by atoms with Crippen LogP contribution in [0.1, 0.15) is 35.4 Å². The lowest BCUT2D eigenvalue weighted by atomic mass is 9.75. The molecule has 2 amide bonds. The van der Waals surface area contributed by atoms with Crippen molar-refractivity contribution in [3.05, 3.63) is 70.9 Å². The number of hydrogen-bond acceptors (Lipinski definition) is 6. The first-order valence-corrected chi connectivity index (χ1v) is 13.9. The van der Waals surface area contributed by atoms with Crippen LogP contribution in [0.3, 0.4) is 0 Å². The molecule has 2 aromatic carbocycles. The number of aryl methyl sites for hydroxylation is 1. The summed E-state index contributed by atoms with van der Waals surface area (Å²) in [6.07, 6.45) is 1.73. The van der Waals surface area contributed by atoms with Crippen LogP contribution in [-0.4, -0.2) is 84.6 Å². The quantitative estimate of drug-likeness (QED) is 0.422. The molecule has 5 rings (SSSR count). The van der Waals surface area contributed by atoms with Crippen LogP contribution < -0.4 is 4.74 Å². The van der Waals surface area contributed by atoms with Crippen molar-refractivity contribution in [3.8, 4) is 17.0 Å². The molecule has 0 N–H and O–H groups in total. The zero-order chi connectivity index (χ0) is 27.4. The van der Waals surface area contributed by atoms with Crippen molar-refractivity contribution in [1.29, 1.82) is 0 Å². The van der Waals surface area contributed by atoms with Crippen LogP contribution in [0.25, 0.3) is 11.3 Å². The second-order valence-electron chi connectivity index (χ2n) is 10.7. The molecule has 0 atom stereocenters. The van der Waals surface area contributed by atoms with E-state index in [4.69, 9.17) is 20.9 Å². The third kappa shape index (κ3) is 6.12. The average Bonchev–Trinajstić information content (AvgIpc) is 3.34. The van der Waals surface area contributed by atoms with Crippen molar-refractivity contribution in [3.63, 3.8) is 0 Å². The molecule has 2 saturated heterocycles. The lowest BCUT2D eigenvalue weighted by molar-refractivity contribution is -0.136. The van der Waals surface area contributed by atoms with Gasteiger partial charge in [0.25, 0.3) is 5.91 Å². The van der Waals surface area contributed by atoms with Crippen molar-refractivity contribution >= 4 is 23.4 Å². The number of piperidine rings is 1. The first-order valence-electron chi connectivity index (χ1n) is 13.5. The third-order valence-corrected chi connectivity index (χ3v) is 8.32. The smallest absolute Gasteiger partial charge is 0.259 e. The Morgan fingerprint density at radius 3 is 2.31 bits per heavy atom. The molecule has 206 valence electrons. The zero-order valence-electron chi connectivity index (χ0n) is 22.6. The van der Waals surface area contributed by atoms with Gasteiger partial charge in [0, 0.05) is 56.7 Å². The predicted molar refractivity (Wildman–Crippen MR) is 150 cm³/mol. The van der Waals surface area contributed by atoms with E-state index in [2.05, 4.69) is 17.1 Å². The van der Waals surface area contributed by atoms with E-state index in [9.17, 15) is 9.59 Å². The van der Waals surface area contributed by atoms with E-state index in [0.29, 0.717) is 66.6 Å². The number of amides is 2. The summed E-state index contributed by atoms with van der Waals surface area (Å²) in [4.78, 5) is 33.2. The minimum Gasteiger partial charge on any atom is -0.493 e. The molecule has 0 unspecified atom stereocenters. The van der Waals surface area contributed by atoms with Gasteiger partial charge < -0.3 is 24.0 Å². The molecule has 2 fully saturated rings. The van der Waals surface area contributed by atoms with Gasteiger partial charge in [-0.25, -0.2) is 0 Å². The first kappa shape index (κ1) is 27.2. The van der Waals surface area contributed by atoms with Gasteiger partial charge in [-0.1, -0.05) is 53.2 Å². The lowest BCUT2D eigenvalue weighted by Crippen LogP contribution is -2.51. The molecular weight excluding hydrogens is 516 g/mol. The number of para-hydroxylation sites is 1. The second-order valence-corrected chi connectivity index (χ2v) is 11.1. The molecule has 0 aliphatic carbocycles.